The fraction of sp³-hybridized carbons (Fsp3) is 0.765. The number of aromatic nitrogens is 2. The SMILES string of the molecule is O=C(CCC(F)(F)F)NCc1cc2n(n1)CCN(C1CCCCC1)C2. The van der Waals surface area contributed by atoms with Crippen LogP contribution in [0.5, 0.6) is 0 Å². The van der Waals surface area contributed by atoms with Crippen molar-refractivity contribution in [1.29, 1.82) is 0 Å². The van der Waals surface area contributed by atoms with Crippen molar-refractivity contribution >= 4 is 5.91 Å². The van der Waals surface area contributed by atoms with Crippen LogP contribution in [0.1, 0.15) is 56.3 Å². The second kappa shape index (κ2) is 7.76. The Kier molecular flexibility index (Phi) is 5.66. The molecule has 140 valence electrons. The maximum Gasteiger partial charge on any atom is 0.389 e. The number of nitrogens with one attached hydrogen (secondary N) is 1. The lowest BCUT2D eigenvalue weighted by atomic mass is 9.94. The summed E-state index contributed by atoms with van der Waals surface area (Å²) in [7, 11) is 0. The van der Waals surface area contributed by atoms with Crippen LogP contribution in [0.3, 0.4) is 0 Å². The van der Waals surface area contributed by atoms with Crippen LogP contribution in [0.15, 0.2) is 6.07 Å². The molecule has 0 saturated heterocycles. The minimum absolute atomic E-state index is 0.181. The van der Waals surface area contributed by atoms with Gasteiger partial charge in [-0.15, -0.1) is 0 Å². The van der Waals surface area contributed by atoms with Crippen molar-refractivity contribution in [2.45, 2.75) is 76.8 Å². The van der Waals surface area contributed by atoms with Gasteiger partial charge in [0, 0.05) is 25.6 Å². The Morgan fingerprint density at radius 3 is 2.72 bits per heavy atom. The average Bonchev–Trinajstić information content (AvgIpc) is 3.00. The molecule has 1 aliphatic heterocycles. The summed E-state index contributed by atoms with van der Waals surface area (Å²) in [4.78, 5) is 14.0. The van der Waals surface area contributed by atoms with Gasteiger partial charge in [0.2, 0.25) is 5.91 Å². The molecule has 1 aliphatic carbocycles. The van der Waals surface area contributed by atoms with Gasteiger partial charge in [0.15, 0.2) is 0 Å². The standard InChI is InChI=1S/C17H25F3N4O/c18-17(19,20)7-6-16(25)21-11-13-10-15-12-23(8-9-24(15)22-13)14-4-2-1-3-5-14/h10,14H,1-9,11-12H2,(H,21,25). The Hall–Kier alpha value is -1.57. The molecule has 0 bridgehead atoms. The summed E-state index contributed by atoms with van der Waals surface area (Å²) in [6.07, 6.45) is 0.535. The van der Waals surface area contributed by atoms with Crippen molar-refractivity contribution in [3.8, 4) is 0 Å². The van der Waals surface area contributed by atoms with E-state index in [4.69, 9.17) is 0 Å². The number of carbonyl (C=O) groups excluding carboxylic acids is 1. The second-order valence-corrected chi connectivity index (χ2v) is 7.00. The third kappa shape index (κ3) is 5.20. The van der Waals surface area contributed by atoms with Crippen molar-refractivity contribution < 1.29 is 18.0 Å². The number of rotatable bonds is 5. The Morgan fingerprint density at radius 2 is 2.00 bits per heavy atom. The number of hydrogen-bond donors (Lipinski definition) is 1. The van der Waals surface area contributed by atoms with E-state index in [9.17, 15) is 18.0 Å². The fourth-order valence-corrected chi connectivity index (χ4v) is 3.72. The van der Waals surface area contributed by atoms with Crippen LogP contribution in [-0.4, -0.2) is 39.4 Å². The van der Waals surface area contributed by atoms with E-state index in [0.717, 1.165) is 25.3 Å². The zero-order chi connectivity index (χ0) is 17.9. The predicted octanol–water partition coefficient (Wildman–Crippen LogP) is 2.99. The molecule has 0 spiro atoms. The molecule has 1 fully saturated rings. The first-order valence-electron chi connectivity index (χ1n) is 9.04. The normalized spacial score (nSPS) is 19.6. The smallest absolute Gasteiger partial charge is 0.350 e. The maximum atomic E-state index is 12.1. The van der Waals surface area contributed by atoms with Crippen molar-refractivity contribution in [2.24, 2.45) is 0 Å². The monoisotopic (exact) mass is 358 g/mol. The van der Waals surface area contributed by atoms with E-state index in [1.54, 1.807) is 0 Å². The van der Waals surface area contributed by atoms with Crippen LogP contribution in [0, 0.1) is 0 Å². The van der Waals surface area contributed by atoms with E-state index in [1.165, 1.54) is 32.1 Å². The zero-order valence-electron chi connectivity index (χ0n) is 14.3. The van der Waals surface area contributed by atoms with Crippen molar-refractivity contribution in [3.05, 3.63) is 17.5 Å². The highest BCUT2D eigenvalue weighted by Gasteiger charge is 2.28. The van der Waals surface area contributed by atoms with Crippen LogP contribution < -0.4 is 5.32 Å². The lowest BCUT2D eigenvalue weighted by molar-refractivity contribution is -0.144. The van der Waals surface area contributed by atoms with Crippen LogP contribution in [0.2, 0.25) is 0 Å². The molecule has 0 atom stereocenters. The molecule has 5 nitrogen and oxygen atoms in total. The van der Waals surface area contributed by atoms with Crippen LogP contribution >= 0.6 is 0 Å². The Labute approximate surface area is 145 Å². The molecular formula is C17H25F3N4O. The van der Waals surface area contributed by atoms with E-state index in [0.29, 0.717) is 11.7 Å². The van der Waals surface area contributed by atoms with E-state index in [-0.39, 0.29) is 6.54 Å². The minimum Gasteiger partial charge on any atom is -0.350 e. The third-order valence-corrected chi connectivity index (χ3v) is 5.07. The summed E-state index contributed by atoms with van der Waals surface area (Å²) in [6.45, 7) is 2.85. The van der Waals surface area contributed by atoms with Crippen molar-refractivity contribution in [1.82, 2.24) is 20.0 Å². The fourth-order valence-electron chi connectivity index (χ4n) is 3.72. The molecule has 0 unspecified atom stereocenters. The number of alkyl halides is 3. The molecule has 0 aromatic carbocycles. The number of amides is 1. The molecule has 8 heteroatoms. The van der Waals surface area contributed by atoms with Gasteiger partial charge in [0.1, 0.15) is 0 Å². The highest BCUT2D eigenvalue weighted by molar-refractivity contribution is 5.75. The molecule has 2 aliphatic rings. The van der Waals surface area contributed by atoms with Gasteiger partial charge < -0.3 is 5.32 Å². The first kappa shape index (κ1) is 18.2. The van der Waals surface area contributed by atoms with E-state index < -0.39 is 24.9 Å². The number of hydrogen-bond acceptors (Lipinski definition) is 3. The quantitative estimate of drug-likeness (QED) is 0.880. The first-order valence-corrected chi connectivity index (χ1v) is 9.04. The summed E-state index contributed by atoms with van der Waals surface area (Å²) >= 11 is 0. The van der Waals surface area contributed by atoms with Gasteiger partial charge in [-0.1, -0.05) is 19.3 Å². The van der Waals surface area contributed by atoms with Gasteiger partial charge in [0.05, 0.1) is 30.9 Å². The molecule has 2 heterocycles. The van der Waals surface area contributed by atoms with Crippen LogP contribution in [-0.2, 0) is 24.4 Å². The van der Waals surface area contributed by atoms with E-state index in [2.05, 4.69) is 15.3 Å². The zero-order valence-corrected chi connectivity index (χ0v) is 14.3. The molecule has 3 rings (SSSR count). The number of halogens is 3. The van der Waals surface area contributed by atoms with Crippen LogP contribution in [0.25, 0.3) is 0 Å². The predicted molar refractivity (Wildman–Crippen MR) is 86.6 cm³/mol. The van der Waals surface area contributed by atoms with Gasteiger partial charge in [-0.25, -0.2) is 0 Å². The summed E-state index contributed by atoms with van der Waals surface area (Å²) in [5.41, 5.74) is 1.83. The summed E-state index contributed by atoms with van der Waals surface area (Å²) < 4.78 is 38.3. The largest absolute Gasteiger partial charge is 0.389 e. The molecule has 1 aromatic heterocycles. The first-order chi connectivity index (χ1) is 11.9. The maximum absolute atomic E-state index is 12.1. The molecular weight excluding hydrogens is 333 g/mol. The molecule has 1 amide bonds. The number of nitrogens with zero attached hydrogens (tertiary/aromatic N) is 3. The highest BCUT2D eigenvalue weighted by Crippen LogP contribution is 2.26. The average molecular weight is 358 g/mol. The number of carbonyl (C=O) groups is 1. The van der Waals surface area contributed by atoms with E-state index >= 15 is 0 Å². The van der Waals surface area contributed by atoms with Crippen molar-refractivity contribution in [2.75, 3.05) is 6.54 Å². The molecule has 0 radical (unpaired) electrons. The summed E-state index contributed by atoms with van der Waals surface area (Å²) in [5.74, 6) is -0.591. The Morgan fingerprint density at radius 1 is 1.24 bits per heavy atom. The lowest BCUT2D eigenvalue weighted by Gasteiger charge is -2.36. The lowest BCUT2D eigenvalue weighted by Crippen LogP contribution is -2.42. The third-order valence-electron chi connectivity index (χ3n) is 5.07. The van der Waals surface area contributed by atoms with E-state index in [1.807, 2.05) is 10.7 Å². The van der Waals surface area contributed by atoms with Crippen molar-refractivity contribution in [3.63, 3.8) is 0 Å². The minimum atomic E-state index is -4.30. The summed E-state index contributed by atoms with van der Waals surface area (Å²) in [6, 6.07) is 2.61. The number of fused-ring (bicyclic) bond motifs is 1. The molecule has 25 heavy (non-hydrogen) atoms. The highest BCUT2D eigenvalue weighted by atomic mass is 19.4. The molecule has 1 saturated carbocycles. The van der Waals surface area contributed by atoms with Gasteiger partial charge in [-0.3, -0.25) is 14.4 Å². The van der Waals surface area contributed by atoms with Gasteiger partial charge in [-0.2, -0.15) is 18.3 Å². The summed E-state index contributed by atoms with van der Waals surface area (Å²) in [5, 5.41) is 6.99. The molecule has 1 N–H and O–H groups in total. The second-order valence-electron chi connectivity index (χ2n) is 7.00. The van der Waals surface area contributed by atoms with Gasteiger partial charge in [-0.05, 0) is 18.9 Å². The van der Waals surface area contributed by atoms with Gasteiger partial charge >= 0.3 is 6.18 Å². The Balaban J connectivity index is 1.49. The van der Waals surface area contributed by atoms with Crippen LogP contribution in [0.4, 0.5) is 13.2 Å². The van der Waals surface area contributed by atoms with Gasteiger partial charge in [0.25, 0.3) is 0 Å². The topological polar surface area (TPSA) is 50.2 Å². The Bertz CT molecular complexity index is 593. The molecule has 1 aromatic rings.